The first-order valence-corrected chi connectivity index (χ1v) is 8.36. The summed E-state index contributed by atoms with van der Waals surface area (Å²) in [6.07, 6.45) is 0. The van der Waals surface area contributed by atoms with Crippen molar-refractivity contribution in [2.45, 2.75) is 6.92 Å². The number of pyridine rings is 1. The molecule has 0 saturated heterocycles. The van der Waals surface area contributed by atoms with E-state index in [-0.39, 0.29) is 39.4 Å². The summed E-state index contributed by atoms with van der Waals surface area (Å²) in [6, 6.07) is 9.64. The van der Waals surface area contributed by atoms with Crippen LogP contribution in [0.1, 0.15) is 5.56 Å². The van der Waals surface area contributed by atoms with Gasteiger partial charge in [-0.1, -0.05) is 29.3 Å². The zero-order valence-corrected chi connectivity index (χ0v) is 16.1. The zero-order chi connectivity index (χ0) is 18.6. The van der Waals surface area contributed by atoms with E-state index in [1.54, 1.807) is 30.3 Å². The highest BCUT2D eigenvalue weighted by Crippen LogP contribution is 2.24. The zero-order valence-electron chi connectivity index (χ0n) is 13.8. The van der Waals surface area contributed by atoms with Gasteiger partial charge in [-0.05, 0) is 42.8 Å². The normalized spacial score (nSPS) is 10.9. The Morgan fingerprint density at radius 2 is 1.85 bits per heavy atom. The van der Waals surface area contributed by atoms with Crippen molar-refractivity contribution in [3.63, 3.8) is 0 Å². The summed E-state index contributed by atoms with van der Waals surface area (Å²) >= 11 is 12.2. The summed E-state index contributed by atoms with van der Waals surface area (Å²) in [5.41, 5.74) is 0.325. The average molecular weight is 425 g/mol. The monoisotopic (exact) mass is 423 g/mol. The standard InChI is InChI=1S/C18H11Cl2N3O3.ClH/c1-8-2-5-13(11(20)6-8)23-18(26)14-15(17(25)22-23)21-12-7-9(19)3-4-10(12)16(14)24;/h2-7H,1H3,(H,21,24)(H,22,25);1H. The van der Waals surface area contributed by atoms with Gasteiger partial charge >= 0.3 is 0 Å². The lowest BCUT2D eigenvalue weighted by atomic mass is 10.1. The first-order valence-electron chi connectivity index (χ1n) is 7.61. The first kappa shape index (κ1) is 19.2. The number of aromatic hydroxyl groups is 1. The highest BCUT2D eigenvalue weighted by Gasteiger charge is 2.18. The molecule has 0 fully saturated rings. The van der Waals surface area contributed by atoms with Crippen molar-refractivity contribution in [2.24, 2.45) is 0 Å². The van der Waals surface area contributed by atoms with Gasteiger partial charge < -0.3 is 10.1 Å². The van der Waals surface area contributed by atoms with Gasteiger partial charge in [0.15, 0.2) is 0 Å². The second-order valence-corrected chi connectivity index (χ2v) is 6.73. The Morgan fingerprint density at radius 3 is 2.56 bits per heavy atom. The molecule has 2 aromatic carbocycles. The minimum atomic E-state index is -0.679. The molecule has 0 aliphatic rings. The molecule has 0 saturated carbocycles. The summed E-state index contributed by atoms with van der Waals surface area (Å²) in [5, 5.41) is 15.0. The molecule has 6 nitrogen and oxygen atoms in total. The lowest BCUT2D eigenvalue weighted by molar-refractivity contribution is 0.443. The second-order valence-electron chi connectivity index (χ2n) is 5.89. The largest absolute Gasteiger partial charge is 0.491 e. The van der Waals surface area contributed by atoms with Gasteiger partial charge in [0.25, 0.3) is 11.4 Å². The van der Waals surface area contributed by atoms with Crippen LogP contribution in [0.2, 0.25) is 10.0 Å². The van der Waals surface area contributed by atoms with Gasteiger partial charge in [0, 0.05) is 10.4 Å². The van der Waals surface area contributed by atoms with Crippen molar-refractivity contribution in [3.05, 3.63) is 72.6 Å². The number of aryl methyl sites for hydroxylation is 1. The summed E-state index contributed by atoms with van der Waals surface area (Å²) in [5.74, 6) is -0.491. The highest BCUT2D eigenvalue weighted by atomic mass is 35.5. The van der Waals surface area contributed by atoms with E-state index in [9.17, 15) is 14.7 Å². The molecule has 138 valence electrons. The third-order valence-electron chi connectivity index (χ3n) is 4.12. The number of hydrogen-bond acceptors (Lipinski definition) is 4. The number of rotatable bonds is 1. The topological polar surface area (TPSA) is 88.0 Å². The van der Waals surface area contributed by atoms with Crippen LogP contribution in [0.5, 0.6) is 5.88 Å². The van der Waals surface area contributed by atoms with Crippen LogP contribution in [-0.2, 0) is 0 Å². The van der Waals surface area contributed by atoms with Crippen molar-refractivity contribution in [1.82, 2.24) is 14.8 Å². The Labute approximate surface area is 168 Å². The third kappa shape index (κ3) is 3.06. The van der Waals surface area contributed by atoms with Crippen molar-refractivity contribution < 1.29 is 5.11 Å². The number of nitrogens with zero attached hydrogens (tertiary/aromatic N) is 2. The minimum absolute atomic E-state index is 0. The Kier molecular flexibility index (Phi) is 4.90. The molecule has 0 aliphatic carbocycles. The van der Waals surface area contributed by atoms with Crippen molar-refractivity contribution in [1.29, 1.82) is 0 Å². The van der Waals surface area contributed by atoms with E-state index in [0.717, 1.165) is 10.2 Å². The first-order chi connectivity index (χ1) is 12.4. The summed E-state index contributed by atoms with van der Waals surface area (Å²) in [4.78, 5) is 28.6. The van der Waals surface area contributed by atoms with Gasteiger partial charge in [-0.25, -0.2) is 0 Å². The number of hydrogen-bond donors (Lipinski definition) is 2. The Hall–Kier alpha value is -2.54. The number of aromatic amines is 1. The van der Waals surface area contributed by atoms with Gasteiger partial charge in [0.1, 0.15) is 10.9 Å². The van der Waals surface area contributed by atoms with Gasteiger partial charge in [-0.15, -0.1) is 17.5 Å². The van der Waals surface area contributed by atoms with E-state index in [1.165, 1.54) is 6.07 Å². The van der Waals surface area contributed by atoms with Crippen LogP contribution in [-0.4, -0.2) is 19.9 Å². The van der Waals surface area contributed by atoms with Crippen LogP contribution in [0.25, 0.3) is 27.5 Å². The van der Waals surface area contributed by atoms with Crippen LogP contribution in [0.3, 0.4) is 0 Å². The summed E-state index contributed by atoms with van der Waals surface area (Å²) in [6.45, 7) is 1.85. The van der Waals surface area contributed by atoms with E-state index >= 15 is 0 Å². The third-order valence-corrected chi connectivity index (χ3v) is 4.66. The molecular formula is C18H12Cl3N3O3. The lowest BCUT2D eigenvalue weighted by Crippen LogP contribution is -2.26. The number of benzene rings is 2. The molecule has 0 unspecified atom stereocenters. The predicted molar refractivity (Wildman–Crippen MR) is 109 cm³/mol. The van der Waals surface area contributed by atoms with E-state index in [0.29, 0.717) is 10.5 Å². The van der Waals surface area contributed by atoms with Crippen molar-refractivity contribution in [2.75, 3.05) is 0 Å². The Balaban J connectivity index is 0.00000210. The SMILES string of the molecule is Cc1ccc(-n2nc(O)c3[nH]c4cc(Cl)ccc4c(=O)c3c2=O)c(Cl)c1.Cl. The van der Waals surface area contributed by atoms with E-state index < -0.39 is 16.9 Å². The minimum Gasteiger partial charge on any atom is -0.491 e. The average Bonchev–Trinajstić information content (AvgIpc) is 2.58. The molecule has 0 aliphatic heterocycles. The predicted octanol–water partition coefficient (Wildman–Crippen LogP) is 3.97. The lowest BCUT2D eigenvalue weighted by Gasteiger charge is -2.10. The molecule has 2 heterocycles. The van der Waals surface area contributed by atoms with Gasteiger partial charge in [-0.2, -0.15) is 4.68 Å². The smallest absolute Gasteiger partial charge is 0.285 e. The van der Waals surface area contributed by atoms with Crippen LogP contribution in [0.15, 0.2) is 46.0 Å². The molecule has 0 spiro atoms. The molecule has 0 atom stereocenters. The number of fused-ring (bicyclic) bond motifs is 2. The van der Waals surface area contributed by atoms with Crippen LogP contribution < -0.4 is 11.0 Å². The van der Waals surface area contributed by atoms with Gasteiger partial charge in [0.05, 0.1) is 16.2 Å². The number of H-pyrrole nitrogens is 1. The number of halogens is 3. The molecule has 27 heavy (non-hydrogen) atoms. The van der Waals surface area contributed by atoms with E-state index in [1.807, 2.05) is 6.92 Å². The molecule has 0 radical (unpaired) electrons. The number of nitrogens with one attached hydrogen (secondary N) is 1. The van der Waals surface area contributed by atoms with Crippen LogP contribution in [0, 0.1) is 6.92 Å². The highest BCUT2D eigenvalue weighted by molar-refractivity contribution is 6.32. The van der Waals surface area contributed by atoms with Gasteiger partial charge in [-0.3, -0.25) is 9.59 Å². The van der Waals surface area contributed by atoms with Crippen molar-refractivity contribution in [3.8, 4) is 11.6 Å². The fourth-order valence-electron chi connectivity index (χ4n) is 2.88. The summed E-state index contributed by atoms with van der Waals surface area (Å²) in [7, 11) is 0. The Morgan fingerprint density at radius 1 is 1.11 bits per heavy atom. The molecule has 2 N–H and O–H groups in total. The second kappa shape index (κ2) is 6.88. The van der Waals surface area contributed by atoms with Crippen LogP contribution in [0.4, 0.5) is 0 Å². The van der Waals surface area contributed by atoms with E-state index in [4.69, 9.17) is 23.2 Å². The van der Waals surface area contributed by atoms with Crippen LogP contribution >= 0.6 is 35.6 Å². The molecule has 2 aromatic heterocycles. The summed E-state index contributed by atoms with van der Waals surface area (Å²) < 4.78 is 0.927. The van der Waals surface area contributed by atoms with E-state index in [2.05, 4.69) is 10.1 Å². The molecule has 0 amide bonds. The van der Waals surface area contributed by atoms with Crippen molar-refractivity contribution >= 4 is 57.4 Å². The molecule has 0 bridgehead atoms. The fraction of sp³-hybridized carbons (Fsp3) is 0.0556. The molecular weight excluding hydrogens is 413 g/mol. The maximum atomic E-state index is 12.9. The fourth-order valence-corrected chi connectivity index (χ4v) is 3.37. The quantitative estimate of drug-likeness (QED) is 0.453. The molecule has 4 aromatic rings. The number of aromatic nitrogens is 3. The maximum absolute atomic E-state index is 12.9. The maximum Gasteiger partial charge on any atom is 0.285 e. The molecule has 4 rings (SSSR count). The van der Waals surface area contributed by atoms with Gasteiger partial charge in [0.2, 0.25) is 5.43 Å². The Bertz CT molecular complexity index is 1330. The molecule has 9 heteroatoms.